The lowest BCUT2D eigenvalue weighted by Crippen LogP contribution is -2.34. The Balaban J connectivity index is 2.26. The highest BCUT2D eigenvalue weighted by molar-refractivity contribution is 5.67. The molecule has 0 spiro atoms. The fraction of sp³-hybridized carbons (Fsp3) is 0.500. The highest BCUT2D eigenvalue weighted by Gasteiger charge is 2.18. The van der Waals surface area contributed by atoms with Gasteiger partial charge in [-0.05, 0) is 17.4 Å². The molecule has 0 unspecified atom stereocenters. The van der Waals surface area contributed by atoms with E-state index in [1.165, 1.54) is 0 Å². The van der Waals surface area contributed by atoms with Crippen molar-refractivity contribution in [3.05, 3.63) is 35.9 Å². The third kappa shape index (κ3) is 5.68. The number of aliphatic hydroxyl groups excluding tert-OH is 1. The van der Waals surface area contributed by atoms with Gasteiger partial charge in [0.15, 0.2) is 0 Å². The van der Waals surface area contributed by atoms with E-state index in [0.29, 0.717) is 13.0 Å². The van der Waals surface area contributed by atoms with E-state index < -0.39 is 6.09 Å². The fourth-order valence-corrected chi connectivity index (χ4v) is 1.48. The number of aliphatic hydroxyl groups is 1. The van der Waals surface area contributed by atoms with Gasteiger partial charge in [0.2, 0.25) is 0 Å². The smallest absolute Gasteiger partial charge is 0.407 e. The van der Waals surface area contributed by atoms with E-state index in [-0.39, 0.29) is 18.6 Å². The maximum absolute atomic E-state index is 11.5. The summed E-state index contributed by atoms with van der Waals surface area (Å²) < 4.78 is 5.09. The van der Waals surface area contributed by atoms with E-state index in [0.717, 1.165) is 5.56 Å². The van der Waals surface area contributed by atoms with E-state index in [9.17, 15) is 4.79 Å². The lowest BCUT2D eigenvalue weighted by molar-refractivity contribution is 0.131. The lowest BCUT2D eigenvalue weighted by Gasteiger charge is -2.23. The van der Waals surface area contributed by atoms with Crippen molar-refractivity contribution in [3.63, 3.8) is 0 Å². The van der Waals surface area contributed by atoms with Crippen molar-refractivity contribution in [2.45, 2.75) is 26.9 Å². The molecule has 0 aromatic heterocycles. The molecule has 0 heterocycles. The summed E-state index contributed by atoms with van der Waals surface area (Å²) in [6.07, 6.45) is 0.219. The topological polar surface area (TPSA) is 58.6 Å². The van der Waals surface area contributed by atoms with Crippen molar-refractivity contribution in [3.8, 4) is 0 Å². The number of alkyl carbamates (subject to hydrolysis) is 1. The first-order chi connectivity index (χ1) is 8.53. The maximum Gasteiger partial charge on any atom is 0.407 e. The molecular formula is C14H21NO3. The molecule has 2 N–H and O–H groups in total. The molecule has 0 saturated heterocycles. The number of ether oxygens (including phenoxy) is 1. The number of nitrogens with one attached hydrogen (secondary N) is 1. The zero-order chi connectivity index (χ0) is 13.4. The van der Waals surface area contributed by atoms with Crippen LogP contribution < -0.4 is 5.32 Å². The standard InChI is InChI=1S/C14H21NO3/c1-14(2,8-9-16)11-15-13(17)18-10-12-6-4-3-5-7-12/h3-7,16H,8-11H2,1-2H3,(H,15,17). The average Bonchev–Trinajstić information content (AvgIpc) is 2.35. The summed E-state index contributed by atoms with van der Waals surface area (Å²) >= 11 is 0. The van der Waals surface area contributed by atoms with Crippen LogP contribution in [0.1, 0.15) is 25.8 Å². The predicted molar refractivity (Wildman–Crippen MR) is 70.1 cm³/mol. The molecule has 0 aliphatic rings. The van der Waals surface area contributed by atoms with Crippen LogP contribution in [-0.2, 0) is 11.3 Å². The summed E-state index contributed by atoms with van der Waals surface area (Å²) in [5, 5.41) is 11.6. The third-order valence-corrected chi connectivity index (χ3v) is 2.71. The normalized spacial score (nSPS) is 11.1. The average molecular weight is 251 g/mol. The van der Waals surface area contributed by atoms with Crippen molar-refractivity contribution < 1.29 is 14.6 Å². The monoisotopic (exact) mass is 251 g/mol. The van der Waals surface area contributed by atoms with Crippen LogP contribution in [0.25, 0.3) is 0 Å². The van der Waals surface area contributed by atoms with Crippen LogP contribution in [-0.4, -0.2) is 24.4 Å². The van der Waals surface area contributed by atoms with Crippen LogP contribution in [0.4, 0.5) is 4.79 Å². The summed E-state index contributed by atoms with van der Waals surface area (Å²) in [5.41, 5.74) is 0.836. The Bertz CT molecular complexity index is 363. The van der Waals surface area contributed by atoms with Gasteiger partial charge in [-0.25, -0.2) is 4.79 Å². The summed E-state index contributed by atoms with van der Waals surface area (Å²) in [7, 11) is 0. The maximum atomic E-state index is 11.5. The molecule has 1 rings (SSSR count). The molecule has 1 aromatic carbocycles. The lowest BCUT2D eigenvalue weighted by atomic mass is 9.90. The Kier molecular flexibility index (Phi) is 5.65. The third-order valence-electron chi connectivity index (χ3n) is 2.71. The Morgan fingerprint density at radius 3 is 2.61 bits per heavy atom. The van der Waals surface area contributed by atoms with Gasteiger partial charge in [-0.2, -0.15) is 0 Å². The highest BCUT2D eigenvalue weighted by Crippen LogP contribution is 2.17. The van der Waals surface area contributed by atoms with Gasteiger partial charge in [0.25, 0.3) is 0 Å². The molecule has 0 fully saturated rings. The second kappa shape index (κ2) is 7.01. The second-order valence-corrected chi connectivity index (χ2v) is 5.05. The van der Waals surface area contributed by atoms with Gasteiger partial charge < -0.3 is 15.2 Å². The van der Waals surface area contributed by atoms with Crippen molar-refractivity contribution in [1.82, 2.24) is 5.32 Å². The largest absolute Gasteiger partial charge is 0.445 e. The van der Waals surface area contributed by atoms with Gasteiger partial charge in [0, 0.05) is 13.2 Å². The number of carbonyl (C=O) groups is 1. The number of hydrogen-bond acceptors (Lipinski definition) is 3. The van der Waals surface area contributed by atoms with Crippen molar-refractivity contribution in [2.75, 3.05) is 13.2 Å². The van der Waals surface area contributed by atoms with Gasteiger partial charge in [0.05, 0.1) is 0 Å². The molecule has 100 valence electrons. The number of carbonyl (C=O) groups excluding carboxylic acids is 1. The van der Waals surface area contributed by atoms with Gasteiger partial charge in [-0.3, -0.25) is 0 Å². The molecule has 1 aromatic rings. The quantitative estimate of drug-likeness (QED) is 0.815. The Morgan fingerprint density at radius 2 is 2.00 bits per heavy atom. The molecule has 0 atom stereocenters. The molecule has 0 bridgehead atoms. The van der Waals surface area contributed by atoms with Gasteiger partial charge in [0.1, 0.15) is 6.61 Å². The first-order valence-electron chi connectivity index (χ1n) is 6.09. The zero-order valence-corrected chi connectivity index (χ0v) is 11.0. The molecule has 18 heavy (non-hydrogen) atoms. The molecule has 0 radical (unpaired) electrons. The van der Waals surface area contributed by atoms with E-state index in [1.807, 2.05) is 44.2 Å². The highest BCUT2D eigenvalue weighted by atomic mass is 16.5. The number of hydrogen-bond donors (Lipinski definition) is 2. The van der Waals surface area contributed by atoms with Crippen LogP contribution >= 0.6 is 0 Å². The van der Waals surface area contributed by atoms with Gasteiger partial charge in [-0.1, -0.05) is 44.2 Å². The fourth-order valence-electron chi connectivity index (χ4n) is 1.48. The van der Waals surface area contributed by atoms with Crippen molar-refractivity contribution >= 4 is 6.09 Å². The predicted octanol–water partition coefficient (Wildman–Crippen LogP) is 2.32. The summed E-state index contributed by atoms with van der Waals surface area (Å²) in [6.45, 7) is 4.85. The molecule has 1 amide bonds. The molecule has 0 saturated carbocycles. The number of amides is 1. The molecule has 0 aliphatic carbocycles. The first-order valence-corrected chi connectivity index (χ1v) is 6.09. The van der Waals surface area contributed by atoms with E-state index in [4.69, 9.17) is 9.84 Å². The van der Waals surface area contributed by atoms with Crippen LogP contribution in [0.2, 0.25) is 0 Å². The first kappa shape index (κ1) is 14.5. The van der Waals surface area contributed by atoms with Crippen LogP contribution in [0.5, 0.6) is 0 Å². The Morgan fingerprint density at radius 1 is 1.33 bits per heavy atom. The summed E-state index contributed by atoms with van der Waals surface area (Å²) in [4.78, 5) is 11.5. The molecule has 0 aliphatic heterocycles. The minimum atomic E-state index is -0.426. The van der Waals surface area contributed by atoms with Crippen molar-refractivity contribution in [2.24, 2.45) is 5.41 Å². The molecule has 4 nitrogen and oxygen atoms in total. The number of rotatable bonds is 6. The van der Waals surface area contributed by atoms with E-state index >= 15 is 0 Å². The number of benzene rings is 1. The van der Waals surface area contributed by atoms with Crippen LogP contribution in [0, 0.1) is 5.41 Å². The molecule has 4 heteroatoms. The molecular weight excluding hydrogens is 230 g/mol. The summed E-state index contributed by atoms with van der Waals surface area (Å²) in [5.74, 6) is 0. The minimum absolute atomic E-state index is 0.119. The Hall–Kier alpha value is -1.55. The van der Waals surface area contributed by atoms with Gasteiger partial charge in [-0.15, -0.1) is 0 Å². The zero-order valence-electron chi connectivity index (χ0n) is 11.0. The summed E-state index contributed by atoms with van der Waals surface area (Å²) in [6, 6.07) is 9.54. The Labute approximate surface area is 108 Å². The van der Waals surface area contributed by atoms with E-state index in [1.54, 1.807) is 0 Å². The second-order valence-electron chi connectivity index (χ2n) is 5.05. The minimum Gasteiger partial charge on any atom is -0.445 e. The van der Waals surface area contributed by atoms with Crippen LogP contribution in [0.15, 0.2) is 30.3 Å². The van der Waals surface area contributed by atoms with Gasteiger partial charge >= 0.3 is 6.09 Å². The van der Waals surface area contributed by atoms with Crippen molar-refractivity contribution in [1.29, 1.82) is 0 Å². The SMILES string of the molecule is CC(C)(CCO)CNC(=O)OCc1ccccc1. The van der Waals surface area contributed by atoms with E-state index in [2.05, 4.69) is 5.32 Å². The van der Waals surface area contributed by atoms with Crippen LogP contribution in [0.3, 0.4) is 0 Å².